The molecule has 1 N–H and O–H groups in total. The van der Waals surface area contributed by atoms with Crippen LogP contribution in [-0.2, 0) is 11.3 Å². The second-order valence-electron chi connectivity index (χ2n) is 5.23. The Balaban J connectivity index is 1.89. The van der Waals surface area contributed by atoms with Gasteiger partial charge in [0.25, 0.3) is 0 Å². The fraction of sp³-hybridized carbons (Fsp3) is 0.333. The number of carbonyl (C=O) groups excluding carboxylic acids is 1. The number of benzene rings is 1. The predicted octanol–water partition coefficient (Wildman–Crippen LogP) is 2.29. The molecular formula is C15H17IN4O4. The Labute approximate surface area is 152 Å². The third kappa shape index (κ3) is 4.66. The van der Waals surface area contributed by atoms with Crippen LogP contribution in [0.3, 0.4) is 0 Å². The lowest BCUT2D eigenvalue weighted by Crippen LogP contribution is -2.39. The maximum Gasteiger partial charge on any atom is 0.403 e. The van der Waals surface area contributed by atoms with Gasteiger partial charge in [-0.2, -0.15) is 4.68 Å². The molecular weight excluding hydrogens is 427 g/mol. The summed E-state index contributed by atoms with van der Waals surface area (Å²) in [6.07, 6.45) is 0. The van der Waals surface area contributed by atoms with Gasteiger partial charge in [0, 0.05) is 0 Å². The van der Waals surface area contributed by atoms with Crippen LogP contribution < -0.4 is 10.1 Å². The van der Waals surface area contributed by atoms with Crippen LogP contribution in [0.2, 0.25) is 0 Å². The van der Waals surface area contributed by atoms with Crippen LogP contribution >= 0.6 is 22.6 Å². The van der Waals surface area contributed by atoms with Crippen molar-refractivity contribution in [1.29, 1.82) is 0 Å². The zero-order valence-corrected chi connectivity index (χ0v) is 15.4. The first-order valence-corrected chi connectivity index (χ1v) is 8.31. The van der Waals surface area contributed by atoms with Gasteiger partial charge in [-0.05, 0) is 53.5 Å². The maximum atomic E-state index is 12.1. The van der Waals surface area contributed by atoms with Crippen molar-refractivity contribution in [1.82, 2.24) is 15.1 Å². The number of amides is 1. The number of halogens is 1. The zero-order valence-electron chi connectivity index (χ0n) is 13.2. The summed E-state index contributed by atoms with van der Waals surface area (Å²) in [6.45, 7) is 3.76. The van der Waals surface area contributed by atoms with E-state index in [-0.39, 0.29) is 24.3 Å². The Morgan fingerprint density at radius 2 is 2.12 bits per heavy atom. The van der Waals surface area contributed by atoms with E-state index in [2.05, 4.69) is 10.4 Å². The summed E-state index contributed by atoms with van der Waals surface area (Å²) in [5.41, 5.74) is 0.589. The van der Waals surface area contributed by atoms with Crippen molar-refractivity contribution in [3.05, 3.63) is 49.7 Å². The van der Waals surface area contributed by atoms with Gasteiger partial charge in [0.05, 0.1) is 16.8 Å². The van der Waals surface area contributed by atoms with Crippen LogP contribution in [-0.4, -0.2) is 33.3 Å². The summed E-state index contributed by atoms with van der Waals surface area (Å²) in [4.78, 5) is 22.4. The van der Waals surface area contributed by atoms with Gasteiger partial charge in [0.2, 0.25) is 5.91 Å². The van der Waals surface area contributed by atoms with Crippen molar-refractivity contribution in [2.24, 2.45) is 0 Å². The van der Waals surface area contributed by atoms with Crippen molar-refractivity contribution in [3.8, 4) is 5.75 Å². The van der Waals surface area contributed by atoms with Crippen LogP contribution in [0, 0.1) is 20.6 Å². The molecule has 0 aliphatic heterocycles. The quantitative estimate of drug-likeness (QED) is 0.402. The highest BCUT2D eigenvalue weighted by atomic mass is 127. The van der Waals surface area contributed by atoms with E-state index in [1.54, 1.807) is 6.92 Å². The molecule has 0 saturated carbocycles. The molecule has 0 saturated heterocycles. The molecule has 9 heteroatoms. The molecule has 24 heavy (non-hydrogen) atoms. The second kappa shape index (κ2) is 8.08. The zero-order chi connectivity index (χ0) is 17.7. The van der Waals surface area contributed by atoms with Crippen molar-refractivity contribution in [2.45, 2.75) is 26.4 Å². The Morgan fingerprint density at radius 3 is 2.71 bits per heavy atom. The summed E-state index contributed by atoms with van der Waals surface area (Å²) in [5, 5.41) is 17.5. The molecule has 2 aromatic rings. The SMILES string of the molecule is Cc1c(I)c([N+](=O)[O-])nn1CC(=O)N[C@H](C)COc1ccccc1. The number of hydrogen-bond acceptors (Lipinski definition) is 5. The fourth-order valence-electron chi connectivity index (χ4n) is 2.02. The van der Waals surface area contributed by atoms with Crippen LogP contribution in [0.4, 0.5) is 5.82 Å². The molecule has 2 rings (SSSR count). The molecule has 1 atom stereocenters. The number of ether oxygens (including phenoxy) is 1. The van der Waals surface area contributed by atoms with Gasteiger partial charge in [0.1, 0.15) is 22.5 Å². The molecule has 128 valence electrons. The first-order chi connectivity index (χ1) is 11.4. The maximum absolute atomic E-state index is 12.1. The molecule has 0 aliphatic rings. The summed E-state index contributed by atoms with van der Waals surface area (Å²) in [7, 11) is 0. The normalized spacial score (nSPS) is 11.8. The highest BCUT2D eigenvalue weighted by Crippen LogP contribution is 2.22. The fourth-order valence-corrected chi connectivity index (χ4v) is 2.60. The third-order valence-electron chi connectivity index (χ3n) is 3.23. The van der Waals surface area contributed by atoms with E-state index >= 15 is 0 Å². The van der Waals surface area contributed by atoms with Crippen LogP contribution in [0.5, 0.6) is 5.75 Å². The van der Waals surface area contributed by atoms with Crippen LogP contribution in [0.1, 0.15) is 12.6 Å². The van der Waals surface area contributed by atoms with Crippen molar-refractivity contribution in [3.63, 3.8) is 0 Å². The standard InChI is InChI=1S/C15H17IN4O4/c1-10(9-24-12-6-4-3-5-7-12)17-13(21)8-19-11(2)14(16)15(18-19)20(22)23/h3-7,10H,8-9H2,1-2H3,(H,17,21)/t10-/m1/s1. The molecule has 1 aromatic carbocycles. The topological polar surface area (TPSA) is 99.3 Å². The number of aromatic nitrogens is 2. The molecule has 0 unspecified atom stereocenters. The molecule has 0 radical (unpaired) electrons. The molecule has 0 spiro atoms. The Kier molecular flexibility index (Phi) is 6.12. The summed E-state index contributed by atoms with van der Waals surface area (Å²) in [5.74, 6) is 0.212. The number of rotatable bonds is 7. The number of hydrogen-bond donors (Lipinski definition) is 1. The second-order valence-corrected chi connectivity index (χ2v) is 6.31. The lowest BCUT2D eigenvalue weighted by Gasteiger charge is -2.14. The summed E-state index contributed by atoms with van der Waals surface area (Å²) in [6, 6.07) is 9.10. The van der Waals surface area contributed by atoms with Gasteiger partial charge in [-0.3, -0.25) is 4.79 Å². The average Bonchev–Trinajstić information content (AvgIpc) is 2.82. The van der Waals surface area contributed by atoms with Gasteiger partial charge in [-0.1, -0.05) is 18.2 Å². The van der Waals surface area contributed by atoms with Crippen LogP contribution in [0.15, 0.2) is 30.3 Å². The Bertz CT molecular complexity index is 733. The Morgan fingerprint density at radius 1 is 1.46 bits per heavy atom. The summed E-state index contributed by atoms with van der Waals surface area (Å²) < 4.78 is 7.34. The van der Waals surface area contributed by atoms with Crippen molar-refractivity contribution < 1.29 is 14.5 Å². The number of nitrogens with one attached hydrogen (secondary N) is 1. The Hall–Kier alpha value is -2.17. The van der Waals surface area contributed by atoms with E-state index in [1.165, 1.54) is 4.68 Å². The number of para-hydroxylation sites is 1. The van der Waals surface area contributed by atoms with Crippen molar-refractivity contribution in [2.75, 3.05) is 6.61 Å². The molecule has 8 nitrogen and oxygen atoms in total. The highest BCUT2D eigenvalue weighted by Gasteiger charge is 2.24. The van der Waals surface area contributed by atoms with E-state index in [9.17, 15) is 14.9 Å². The van der Waals surface area contributed by atoms with Gasteiger partial charge >= 0.3 is 5.82 Å². The minimum atomic E-state index is -0.556. The lowest BCUT2D eigenvalue weighted by atomic mass is 10.3. The predicted molar refractivity (Wildman–Crippen MR) is 95.9 cm³/mol. The number of nitrogens with zero attached hydrogens (tertiary/aromatic N) is 3. The first-order valence-electron chi connectivity index (χ1n) is 7.23. The van der Waals surface area contributed by atoms with Gasteiger partial charge in [0.15, 0.2) is 0 Å². The molecule has 0 aliphatic carbocycles. The van der Waals surface area contributed by atoms with Gasteiger partial charge < -0.3 is 20.2 Å². The summed E-state index contributed by atoms with van der Waals surface area (Å²) >= 11 is 1.86. The monoisotopic (exact) mass is 444 g/mol. The number of carbonyl (C=O) groups is 1. The molecule has 1 amide bonds. The van der Waals surface area contributed by atoms with E-state index in [0.29, 0.717) is 15.9 Å². The smallest absolute Gasteiger partial charge is 0.403 e. The highest BCUT2D eigenvalue weighted by molar-refractivity contribution is 14.1. The number of nitro groups is 1. The van der Waals surface area contributed by atoms with E-state index < -0.39 is 4.92 Å². The average molecular weight is 444 g/mol. The van der Waals surface area contributed by atoms with Gasteiger partial charge in [-0.15, -0.1) is 0 Å². The first kappa shape index (κ1) is 18.2. The third-order valence-corrected chi connectivity index (χ3v) is 4.50. The molecule has 1 heterocycles. The minimum Gasteiger partial charge on any atom is -0.491 e. The van der Waals surface area contributed by atoms with E-state index in [1.807, 2.05) is 59.8 Å². The molecule has 1 aromatic heterocycles. The lowest BCUT2D eigenvalue weighted by molar-refractivity contribution is -0.390. The van der Waals surface area contributed by atoms with Crippen molar-refractivity contribution >= 4 is 34.3 Å². The minimum absolute atomic E-state index is 0.0780. The molecule has 0 fully saturated rings. The largest absolute Gasteiger partial charge is 0.491 e. The van der Waals surface area contributed by atoms with Crippen LogP contribution in [0.25, 0.3) is 0 Å². The van der Waals surface area contributed by atoms with Gasteiger partial charge in [-0.25, -0.2) is 0 Å². The van der Waals surface area contributed by atoms with E-state index in [4.69, 9.17) is 4.74 Å². The van der Waals surface area contributed by atoms with E-state index in [0.717, 1.165) is 5.75 Å². The molecule has 0 bridgehead atoms.